The first-order valence-electron chi connectivity index (χ1n) is 20.5. The molecule has 0 unspecified atom stereocenters. The summed E-state index contributed by atoms with van der Waals surface area (Å²) in [5.74, 6) is 0. The molecule has 3 heterocycles. The largest absolute Gasteiger partial charge is 0.309 e. The van der Waals surface area contributed by atoms with Gasteiger partial charge < -0.3 is 4.57 Å². The molecule has 0 saturated heterocycles. The first-order valence-corrected chi connectivity index (χ1v) is 20.5. The van der Waals surface area contributed by atoms with Crippen LogP contribution in [0.5, 0.6) is 0 Å². The highest BCUT2D eigenvalue weighted by Gasteiger charge is 2.22. The maximum atomic E-state index is 9.96. The van der Waals surface area contributed by atoms with Crippen LogP contribution in [0, 0.1) is 11.3 Å². The van der Waals surface area contributed by atoms with Gasteiger partial charge in [0.05, 0.1) is 33.7 Å². The monoisotopic (exact) mass is 774 g/mol. The Hall–Kier alpha value is -8.39. The molecule has 282 valence electrons. The molecule has 0 atom stereocenters. The Kier molecular flexibility index (Phi) is 7.88. The van der Waals surface area contributed by atoms with Crippen LogP contribution in [0.15, 0.2) is 207 Å². The van der Waals surface area contributed by atoms with Crippen LogP contribution < -0.4 is 0 Å². The van der Waals surface area contributed by atoms with Crippen molar-refractivity contribution < 1.29 is 0 Å². The lowest BCUT2D eigenvalue weighted by Crippen LogP contribution is -1.95. The van der Waals surface area contributed by atoms with E-state index in [9.17, 15) is 5.26 Å². The van der Waals surface area contributed by atoms with Crippen molar-refractivity contribution in [2.45, 2.75) is 0 Å². The summed E-state index contributed by atoms with van der Waals surface area (Å²) in [7, 11) is 0. The standard InChI is InChI=1S/C57H34N4/c58-35-36-21-27-52-48(31-36)49-32-42(24-28-53(49)61(52)43-17-5-2-6-18-43)41-23-26-45-51(34-41)55(47-20-8-14-39-16-10-30-60-57(39)47)44-25-22-40(37-11-3-1-4-12-37)33-50(44)54(45)46-19-7-13-38-15-9-29-59-56(38)46/h1-34H. The van der Waals surface area contributed by atoms with Gasteiger partial charge in [-0.25, -0.2) is 0 Å². The van der Waals surface area contributed by atoms with E-state index in [-0.39, 0.29) is 0 Å². The lowest BCUT2D eigenvalue weighted by molar-refractivity contribution is 1.18. The van der Waals surface area contributed by atoms with Crippen molar-refractivity contribution in [3.63, 3.8) is 0 Å². The molecule has 61 heavy (non-hydrogen) atoms. The SMILES string of the molecule is N#Cc1ccc2c(c1)c1cc(-c3ccc4c(-c5cccc6cccnc56)c5cc(-c6ccccc6)ccc5c(-c5cccc6cccnc56)c4c3)ccc1n2-c1ccccc1. The molecule has 0 radical (unpaired) electrons. The number of hydrogen-bond donors (Lipinski definition) is 0. The van der Waals surface area contributed by atoms with Crippen LogP contribution >= 0.6 is 0 Å². The summed E-state index contributed by atoms with van der Waals surface area (Å²) < 4.78 is 2.29. The smallest absolute Gasteiger partial charge is 0.0991 e. The van der Waals surface area contributed by atoms with Gasteiger partial charge in [0.1, 0.15) is 0 Å². The highest BCUT2D eigenvalue weighted by Crippen LogP contribution is 2.48. The van der Waals surface area contributed by atoms with Crippen LogP contribution in [0.1, 0.15) is 5.56 Å². The lowest BCUT2D eigenvalue weighted by atomic mass is 9.83. The first-order chi connectivity index (χ1) is 30.2. The molecule has 4 nitrogen and oxygen atoms in total. The van der Waals surface area contributed by atoms with E-state index in [0.717, 1.165) is 110 Å². The Morgan fingerprint density at radius 2 is 0.869 bits per heavy atom. The van der Waals surface area contributed by atoms with Gasteiger partial charge in [0.15, 0.2) is 0 Å². The molecule has 0 N–H and O–H groups in total. The zero-order valence-electron chi connectivity index (χ0n) is 32.9. The lowest BCUT2D eigenvalue weighted by Gasteiger charge is -2.21. The molecule has 4 heteroatoms. The van der Waals surface area contributed by atoms with Crippen molar-refractivity contribution in [1.82, 2.24) is 14.5 Å². The molecular weight excluding hydrogens is 741 g/mol. The second-order valence-electron chi connectivity index (χ2n) is 15.6. The predicted molar refractivity (Wildman–Crippen MR) is 253 cm³/mol. The van der Waals surface area contributed by atoms with Gasteiger partial charge in [0.2, 0.25) is 0 Å². The first kappa shape index (κ1) is 34.6. The number of para-hydroxylation sites is 3. The van der Waals surface area contributed by atoms with E-state index in [0.29, 0.717) is 5.56 Å². The molecule has 0 aliphatic carbocycles. The van der Waals surface area contributed by atoms with Crippen molar-refractivity contribution >= 4 is 65.2 Å². The molecule has 0 spiro atoms. The van der Waals surface area contributed by atoms with Crippen molar-refractivity contribution in [2.75, 3.05) is 0 Å². The molecule has 3 aromatic heterocycles. The summed E-state index contributed by atoms with van der Waals surface area (Å²) in [4.78, 5) is 10.0. The van der Waals surface area contributed by atoms with Crippen molar-refractivity contribution in [2.24, 2.45) is 0 Å². The minimum atomic E-state index is 0.641. The van der Waals surface area contributed by atoms with Gasteiger partial charge in [-0.1, -0.05) is 127 Å². The number of pyridine rings is 2. The summed E-state index contributed by atoms with van der Waals surface area (Å²) in [6.07, 6.45) is 3.79. The van der Waals surface area contributed by atoms with Gasteiger partial charge in [-0.2, -0.15) is 5.26 Å². The number of nitrogens with zero attached hydrogens (tertiary/aromatic N) is 4. The van der Waals surface area contributed by atoms with E-state index in [1.807, 2.05) is 42.7 Å². The van der Waals surface area contributed by atoms with Gasteiger partial charge in [0.25, 0.3) is 0 Å². The number of hydrogen-bond acceptors (Lipinski definition) is 3. The number of fused-ring (bicyclic) bond motifs is 7. The van der Waals surface area contributed by atoms with Gasteiger partial charge >= 0.3 is 0 Å². The van der Waals surface area contributed by atoms with Gasteiger partial charge in [-0.3, -0.25) is 9.97 Å². The Bertz CT molecular complexity index is 3750. The van der Waals surface area contributed by atoms with Gasteiger partial charge in [0, 0.05) is 50.8 Å². The van der Waals surface area contributed by atoms with E-state index in [4.69, 9.17) is 9.97 Å². The molecule has 0 fully saturated rings. The topological polar surface area (TPSA) is 54.5 Å². The molecule has 12 aromatic rings. The van der Waals surface area contributed by atoms with Crippen LogP contribution in [0.3, 0.4) is 0 Å². The highest BCUT2D eigenvalue weighted by molar-refractivity contribution is 6.26. The van der Waals surface area contributed by atoms with Crippen LogP contribution in [0.2, 0.25) is 0 Å². The van der Waals surface area contributed by atoms with Crippen molar-refractivity contribution in [3.05, 3.63) is 212 Å². The molecule has 0 bridgehead atoms. The minimum Gasteiger partial charge on any atom is -0.309 e. The van der Waals surface area contributed by atoms with E-state index < -0.39 is 0 Å². The van der Waals surface area contributed by atoms with E-state index in [1.54, 1.807) is 0 Å². The minimum absolute atomic E-state index is 0.641. The van der Waals surface area contributed by atoms with Crippen LogP contribution in [0.4, 0.5) is 0 Å². The number of nitriles is 1. The highest BCUT2D eigenvalue weighted by atomic mass is 15.0. The molecule has 0 saturated carbocycles. The number of rotatable bonds is 5. The third kappa shape index (κ3) is 5.53. The van der Waals surface area contributed by atoms with Crippen LogP contribution in [0.25, 0.3) is 115 Å². The van der Waals surface area contributed by atoms with Gasteiger partial charge in [-0.15, -0.1) is 0 Å². The molecule has 12 rings (SSSR count). The van der Waals surface area contributed by atoms with Gasteiger partial charge in [-0.05, 0) is 122 Å². The van der Waals surface area contributed by atoms with E-state index in [2.05, 4.69) is 174 Å². The Morgan fingerprint density at radius 3 is 1.46 bits per heavy atom. The second-order valence-corrected chi connectivity index (χ2v) is 15.6. The predicted octanol–water partition coefficient (Wildman–Crippen LogP) is 14.7. The summed E-state index contributed by atoms with van der Waals surface area (Å²) >= 11 is 0. The maximum Gasteiger partial charge on any atom is 0.0991 e. The summed E-state index contributed by atoms with van der Waals surface area (Å²) in [5.41, 5.74) is 14.8. The number of aromatic nitrogens is 3. The maximum absolute atomic E-state index is 9.96. The quantitative estimate of drug-likeness (QED) is 0.164. The third-order valence-electron chi connectivity index (χ3n) is 12.3. The summed E-state index contributed by atoms with van der Waals surface area (Å²) in [6, 6.07) is 71.4. The fraction of sp³-hybridized carbons (Fsp3) is 0. The molecule has 0 amide bonds. The average molecular weight is 775 g/mol. The normalized spacial score (nSPS) is 11.6. The summed E-state index contributed by atoms with van der Waals surface area (Å²) in [6.45, 7) is 0. The number of benzene rings is 9. The van der Waals surface area contributed by atoms with Crippen LogP contribution in [-0.4, -0.2) is 14.5 Å². The fourth-order valence-electron chi connectivity index (χ4n) is 9.54. The molecular formula is C57H34N4. The van der Waals surface area contributed by atoms with E-state index >= 15 is 0 Å². The Labute approximate surface area is 351 Å². The van der Waals surface area contributed by atoms with Crippen LogP contribution in [-0.2, 0) is 0 Å². The Morgan fingerprint density at radius 1 is 0.377 bits per heavy atom. The second kappa shape index (κ2) is 13.9. The summed E-state index contributed by atoms with van der Waals surface area (Å²) in [5, 5.41) is 18.9. The van der Waals surface area contributed by atoms with Crippen molar-refractivity contribution in [3.8, 4) is 56.3 Å². The van der Waals surface area contributed by atoms with Crippen molar-refractivity contribution in [1.29, 1.82) is 5.26 Å². The molecule has 0 aliphatic heterocycles. The molecule has 0 aliphatic rings. The molecule has 9 aromatic carbocycles. The zero-order valence-corrected chi connectivity index (χ0v) is 32.9. The zero-order chi connectivity index (χ0) is 40.4. The third-order valence-corrected chi connectivity index (χ3v) is 12.3. The Balaban J connectivity index is 1.20. The van der Waals surface area contributed by atoms with E-state index in [1.165, 1.54) is 5.56 Å². The average Bonchev–Trinajstić information content (AvgIpc) is 3.66. The fourth-order valence-corrected chi connectivity index (χ4v) is 9.54.